The zero-order valence-corrected chi connectivity index (χ0v) is 7.34. The summed E-state index contributed by atoms with van der Waals surface area (Å²) < 4.78 is 0. The second kappa shape index (κ2) is 2.99. The fraction of sp³-hybridized carbons (Fsp3) is 0. The monoisotopic (exact) mass is 175 g/mol. The van der Waals surface area contributed by atoms with Gasteiger partial charge in [0.2, 0.25) is 0 Å². The topological polar surface area (TPSA) is 26.0 Å². The van der Waals surface area contributed by atoms with Gasteiger partial charge in [0, 0.05) is 10.6 Å². The first-order chi connectivity index (χ1) is 5.86. The molecule has 0 bridgehead atoms. The van der Waals surface area contributed by atoms with Crippen molar-refractivity contribution in [1.82, 2.24) is 0 Å². The third-order valence-electron chi connectivity index (χ3n) is 1.72. The summed E-state index contributed by atoms with van der Waals surface area (Å²) in [5.41, 5.74) is 7.63. The first-order valence-electron chi connectivity index (χ1n) is 3.76. The molecule has 0 atom stereocenters. The van der Waals surface area contributed by atoms with Gasteiger partial charge >= 0.3 is 0 Å². The van der Waals surface area contributed by atoms with Crippen molar-refractivity contribution in [2.75, 3.05) is 5.73 Å². The molecule has 1 heterocycles. The third-order valence-corrected chi connectivity index (χ3v) is 2.64. The summed E-state index contributed by atoms with van der Waals surface area (Å²) in [6.45, 7) is 0. The van der Waals surface area contributed by atoms with Gasteiger partial charge in [0.1, 0.15) is 0 Å². The average molecular weight is 175 g/mol. The maximum absolute atomic E-state index is 5.58. The van der Waals surface area contributed by atoms with Crippen LogP contribution in [0.15, 0.2) is 41.8 Å². The molecule has 0 aliphatic rings. The quantitative estimate of drug-likeness (QED) is 0.662. The Morgan fingerprint density at radius 2 is 1.75 bits per heavy atom. The maximum Gasteiger partial charge on any atom is 0.0342 e. The molecule has 0 amide bonds. The van der Waals surface area contributed by atoms with E-state index in [-0.39, 0.29) is 0 Å². The number of nitrogens with two attached hydrogens (primary N) is 1. The molecule has 2 N–H and O–H groups in total. The number of hydrogen-bond donors (Lipinski definition) is 1. The standard InChI is InChI=1S/C10H9NS/c11-9-5-3-8(4-6-9)10-2-1-7-12-10/h1-7H,11H2. The summed E-state index contributed by atoms with van der Waals surface area (Å²) in [5.74, 6) is 0. The highest BCUT2D eigenvalue weighted by molar-refractivity contribution is 7.13. The molecule has 0 saturated heterocycles. The molecule has 0 aliphatic heterocycles. The number of benzene rings is 1. The van der Waals surface area contributed by atoms with E-state index < -0.39 is 0 Å². The van der Waals surface area contributed by atoms with Gasteiger partial charge in [-0.1, -0.05) is 18.2 Å². The highest BCUT2D eigenvalue weighted by atomic mass is 32.1. The molecule has 0 saturated carbocycles. The molecule has 0 spiro atoms. The Hall–Kier alpha value is -1.28. The van der Waals surface area contributed by atoms with E-state index in [1.165, 1.54) is 10.4 Å². The zero-order chi connectivity index (χ0) is 8.39. The van der Waals surface area contributed by atoms with E-state index in [1.54, 1.807) is 11.3 Å². The van der Waals surface area contributed by atoms with Gasteiger partial charge in [0.05, 0.1) is 0 Å². The highest BCUT2D eigenvalue weighted by Gasteiger charge is 1.95. The lowest BCUT2D eigenvalue weighted by Gasteiger charge is -1.96. The molecule has 0 radical (unpaired) electrons. The van der Waals surface area contributed by atoms with E-state index in [9.17, 15) is 0 Å². The minimum atomic E-state index is 0.815. The lowest BCUT2D eigenvalue weighted by atomic mass is 10.2. The Kier molecular flexibility index (Phi) is 1.84. The fourth-order valence-corrected chi connectivity index (χ4v) is 1.82. The predicted molar refractivity (Wildman–Crippen MR) is 54.2 cm³/mol. The minimum absolute atomic E-state index is 0.815. The van der Waals surface area contributed by atoms with Crippen molar-refractivity contribution in [3.8, 4) is 10.4 Å². The first-order valence-corrected chi connectivity index (χ1v) is 4.63. The van der Waals surface area contributed by atoms with Crippen molar-refractivity contribution in [3.63, 3.8) is 0 Å². The van der Waals surface area contributed by atoms with Crippen LogP contribution in [0.5, 0.6) is 0 Å². The van der Waals surface area contributed by atoms with Gasteiger partial charge in [-0.25, -0.2) is 0 Å². The highest BCUT2D eigenvalue weighted by Crippen LogP contribution is 2.24. The Bertz CT molecular complexity index is 348. The molecule has 12 heavy (non-hydrogen) atoms. The molecule has 2 aromatic rings. The Balaban J connectivity index is 2.43. The minimum Gasteiger partial charge on any atom is -0.399 e. The second-order valence-corrected chi connectivity index (χ2v) is 3.55. The van der Waals surface area contributed by atoms with E-state index in [0.717, 1.165) is 5.69 Å². The summed E-state index contributed by atoms with van der Waals surface area (Å²) in [5, 5.41) is 2.08. The van der Waals surface area contributed by atoms with Crippen LogP contribution in [0.1, 0.15) is 0 Å². The molecule has 0 fully saturated rings. The molecule has 60 valence electrons. The fourth-order valence-electron chi connectivity index (χ4n) is 1.09. The van der Waals surface area contributed by atoms with Crippen LogP contribution >= 0.6 is 11.3 Å². The SMILES string of the molecule is Nc1ccc(-c2cccs2)cc1. The lowest BCUT2D eigenvalue weighted by molar-refractivity contribution is 1.68. The van der Waals surface area contributed by atoms with Crippen LogP contribution in [0, 0.1) is 0 Å². The Labute approximate surface area is 75.5 Å². The van der Waals surface area contributed by atoms with E-state index in [1.807, 2.05) is 24.3 Å². The van der Waals surface area contributed by atoms with Crippen molar-refractivity contribution < 1.29 is 0 Å². The van der Waals surface area contributed by atoms with Crippen LogP contribution < -0.4 is 5.73 Å². The number of hydrogen-bond acceptors (Lipinski definition) is 2. The summed E-state index contributed by atoms with van der Waals surface area (Å²) in [7, 11) is 0. The van der Waals surface area contributed by atoms with Crippen LogP contribution in [0.2, 0.25) is 0 Å². The molecular formula is C10H9NS. The Morgan fingerprint density at radius 3 is 2.33 bits per heavy atom. The van der Waals surface area contributed by atoms with Crippen molar-refractivity contribution in [1.29, 1.82) is 0 Å². The van der Waals surface area contributed by atoms with E-state index >= 15 is 0 Å². The number of thiophene rings is 1. The van der Waals surface area contributed by atoms with Crippen molar-refractivity contribution in [2.45, 2.75) is 0 Å². The van der Waals surface area contributed by atoms with Crippen molar-refractivity contribution in [2.24, 2.45) is 0 Å². The van der Waals surface area contributed by atoms with Crippen LogP contribution in [0.4, 0.5) is 5.69 Å². The summed E-state index contributed by atoms with van der Waals surface area (Å²) in [4.78, 5) is 1.29. The van der Waals surface area contributed by atoms with Crippen LogP contribution in [-0.2, 0) is 0 Å². The summed E-state index contributed by atoms with van der Waals surface area (Å²) in [6.07, 6.45) is 0. The van der Waals surface area contributed by atoms with Gasteiger partial charge < -0.3 is 5.73 Å². The smallest absolute Gasteiger partial charge is 0.0342 e. The summed E-state index contributed by atoms with van der Waals surface area (Å²) >= 11 is 1.74. The molecule has 0 aliphatic carbocycles. The first kappa shape index (κ1) is 7.37. The lowest BCUT2D eigenvalue weighted by Crippen LogP contribution is -1.82. The van der Waals surface area contributed by atoms with Gasteiger partial charge in [-0.05, 0) is 29.1 Å². The van der Waals surface area contributed by atoms with Crippen molar-refractivity contribution >= 4 is 17.0 Å². The zero-order valence-electron chi connectivity index (χ0n) is 6.53. The van der Waals surface area contributed by atoms with E-state index in [4.69, 9.17) is 5.73 Å². The molecule has 0 unspecified atom stereocenters. The van der Waals surface area contributed by atoms with Gasteiger partial charge in [0.15, 0.2) is 0 Å². The average Bonchev–Trinajstić information content (AvgIpc) is 2.58. The van der Waals surface area contributed by atoms with Gasteiger partial charge in [-0.2, -0.15) is 0 Å². The molecule has 2 heteroatoms. The van der Waals surface area contributed by atoms with Crippen LogP contribution in [0.3, 0.4) is 0 Å². The molecule has 1 aromatic heterocycles. The van der Waals surface area contributed by atoms with E-state index in [2.05, 4.69) is 17.5 Å². The van der Waals surface area contributed by atoms with Gasteiger partial charge in [0.25, 0.3) is 0 Å². The molecule has 2 rings (SSSR count). The normalized spacial score (nSPS) is 10.0. The van der Waals surface area contributed by atoms with E-state index in [0.29, 0.717) is 0 Å². The van der Waals surface area contributed by atoms with Crippen LogP contribution in [0.25, 0.3) is 10.4 Å². The molecule has 1 aromatic carbocycles. The van der Waals surface area contributed by atoms with Crippen molar-refractivity contribution in [3.05, 3.63) is 41.8 Å². The van der Waals surface area contributed by atoms with Gasteiger partial charge in [-0.15, -0.1) is 11.3 Å². The number of rotatable bonds is 1. The Morgan fingerprint density at radius 1 is 1.00 bits per heavy atom. The second-order valence-electron chi connectivity index (χ2n) is 2.60. The predicted octanol–water partition coefficient (Wildman–Crippen LogP) is 3.00. The summed E-state index contributed by atoms with van der Waals surface area (Å²) in [6, 6.07) is 12.1. The largest absolute Gasteiger partial charge is 0.399 e. The van der Waals surface area contributed by atoms with Gasteiger partial charge in [-0.3, -0.25) is 0 Å². The number of anilines is 1. The number of nitrogen functional groups attached to an aromatic ring is 1. The maximum atomic E-state index is 5.58. The third kappa shape index (κ3) is 1.34. The molecular weight excluding hydrogens is 166 g/mol. The molecule has 1 nitrogen and oxygen atoms in total. The van der Waals surface area contributed by atoms with Crippen LogP contribution in [-0.4, -0.2) is 0 Å².